The zero-order valence-electron chi connectivity index (χ0n) is 9.43. The van der Waals surface area contributed by atoms with Crippen LogP contribution in [0.15, 0.2) is 30.3 Å². The molecule has 1 aromatic rings. The maximum absolute atomic E-state index is 3.58. The topological polar surface area (TPSA) is 15.3 Å². The van der Waals surface area contributed by atoms with E-state index in [1.807, 2.05) is 0 Å². The second kappa shape index (κ2) is 4.78. The summed E-state index contributed by atoms with van der Waals surface area (Å²) in [5, 5.41) is 3.58. The van der Waals surface area contributed by atoms with E-state index in [2.05, 4.69) is 52.3 Å². The summed E-state index contributed by atoms with van der Waals surface area (Å²) in [6, 6.07) is 12.2. The molecule has 2 heterocycles. The average molecular weight is 234 g/mol. The molecule has 2 atom stereocenters. The first-order valence-electron chi connectivity index (χ1n) is 6.04. The van der Waals surface area contributed by atoms with Gasteiger partial charge in [-0.2, -0.15) is 11.8 Å². The Hall–Kier alpha value is -0.510. The number of nitrogens with zero attached hydrogens (tertiary/aromatic N) is 1. The van der Waals surface area contributed by atoms with Crippen LogP contribution in [-0.2, 0) is 0 Å². The van der Waals surface area contributed by atoms with Gasteiger partial charge in [0, 0.05) is 43.2 Å². The number of rotatable bonds is 1. The highest BCUT2D eigenvalue weighted by Crippen LogP contribution is 2.29. The molecule has 1 N–H and O–H groups in total. The summed E-state index contributed by atoms with van der Waals surface area (Å²) in [5.74, 6) is 2.58. The predicted octanol–water partition coefficient (Wildman–Crippen LogP) is 1.75. The molecule has 2 aliphatic heterocycles. The highest BCUT2D eigenvalue weighted by Gasteiger charge is 2.32. The zero-order valence-corrected chi connectivity index (χ0v) is 10.2. The summed E-state index contributed by atoms with van der Waals surface area (Å²) in [4.78, 5) is 2.70. The van der Waals surface area contributed by atoms with Crippen molar-refractivity contribution < 1.29 is 0 Å². The summed E-state index contributed by atoms with van der Waals surface area (Å²) < 4.78 is 0. The van der Waals surface area contributed by atoms with E-state index in [1.165, 1.54) is 23.6 Å². The molecule has 0 aromatic heterocycles. The Morgan fingerprint density at radius 3 is 2.94 bits per heavy atom. The van der Waals surface area contributed by atoms with Crippen LogP contribution < -0.4 is 5.32 Å². The van der Waals surface area contributed by atoms with Crippen molar-refractivity contribution in [1.82, 2.24) is 10.2 Å². The number of piperazine rings is 1. The van der Waals surface area contributed by atoms with Gasteiger partial charge in [-0.25, -0.2) is 0 Å². The summed E-state index contributed by atoms with van der Waals surface area (Å²) in [5.41, 5.74) is 1.46. The molecule has 0 aliphatic carbocycles. The lowest BCUT2D eigenvalue weighted by Gasteiger charge is -2.45. The van der Waals surface area contributed by atoms with Crippen LogP contribution in [0, 0.1) is 0 Å². The normalized spacial score (nSPS) is 31.0. The van der Waals surface area contributed by atoms with Gasteiger partial charge in [0.2, 0.25) is 0 Å². The van der Waals surface area contributed by atoms with Crippen molar-refractivity contribution in [2.24, 2.45) is 0 Å². The molecule has 2 aliphatic rings. The molecule has 16 heavy (non-hydrogen) atoms. The number of hydrogen-bond donors (Lipinski definition) is 1. The van der Waals surface area contributed by atoms with E-state index in [9.17, 15) is 0 Å². The molecule has 2 saturated heterocycles. The first kappa shape index (κ1) is 10.6. The van der Waals surface area contributed by atoms with Crippen molar-refractivity contribution in [3.63, 3.8) is 0 Å². The van der Waals surface area contributed by atoms with Gasteiger partial charge in [0.1, 0.15) is 0 Å². The van der Waals surface area contributed by atoms with Crippen molar-refractivity contribution in [3.05, 3.63) is 35.9 Å². The van der Waals surface area contributed by atoms with Gasteiger partial charge in [-0.05, 0) is 5.56 Å². The first-order chi connectivity index (χ1) is 7.95. The molecule has 2 unspecified atom stereocenters. The Bertz CT molecular complexity index is 339. The lowest BCUT2D eigenvalue weighted by atomic mass is 10.0. The minimum atomic E-state index is 0.584. The van der Waals surface area contributed by atoms with Crippen molar-refractivity contribution in [3.8, 4) is 0 Å². The fraction of sp³-hybridized carbons (Fsp3) is 0.538. The van der Waals surface area contributed by atoms with E-state index in [4.69, 9.17) is 0 Å². The third-order valence-electron chi connectivity index (χ3n) is 3.58. The van der Waals surface area contributed by atoms with E-state index in [1.54, 1.807) is 0 Å². The van der Waals surface area contributed by atoms with Crippen molar-refractivity contribution in [1.29, 1.82) is 0 Å². The Morgan fingerprint density at radius 1 is 1.19 bits per heavy atom. The fourth-order valence-electron chi connectivity index (χ4n) is 2.74. The average Bonchev–Trinajstić information content (AvgIpc) is 2.39. The first-order valence-corrected chi connectivity index (χ1v) is 7.20. The summed E-state index contributed by atoms with van der Waals surface area (Å²) in [6.07, 6.45) is 0. The van der Waals surface area contributed by atoms with Crippen LogP contribution in [-0.4, -0.2) is 42.1 Å². The summed E-state index contributed by atoms with van der Waals surface area (Å²) >= 11 is 2.10. The van der Waals surface area contributed by atoms with Gasteiger partial charge < -0.3 is 5.32 Å². The van der Waals surface area contributed by atoms with Crippen molar-refractivity contribution in [2.75, 3.05) is 31.1 Å². The van der Waals surface area contributed by atoms with E-state index in [0.29, 0.717) is 6.04 Å². The lowest BCUT2D eigenvalue weighted by molar-refractivity contribution is 0.113. The van der Waals surface area contributed by atoms with Gasteiger partial charge in [0.05, 0.1) is 0 Å². The molecule has 0 spiro atoms. The van der Waals surface area contributed by atoms with Crippen LogP contribution in [0.2, 0.25) is 0 Å². The number of benzene rings is 1. The minimum absolute atomic E-state index is 0.584. The second-order valence-electron chi connectivity index (χ2n) is 4.55. The van der Waals surface area contributed by atoms with Crippen LogP contribution in [0.5, 0.6) is 0 Å². The predicted molar refractivity (Wildman–Crippen MR) is 69.9 cm³/mol. The highest BCUT2D eigenvalue weighted by atomic mass is 32.2. The van der Waals surface area contributed by atoms with E-state index >= 15 is 0 Å². The Kier molecular flexibility index (Phi) is 3.18. The van der Waals surface area contributed by atoms with Gasteiger partial charge in [-0.15, -0.1) is 0 Å². The van der Waals surface area contributed by atoms with Gasteiger partial charge in [-0.3, -0.25) is 4.90 Å². The fourth-order valence-corrected chi connectivity index (χ4v) is 3.83. The zero-order chi connectivity index (χ0) is 10.8. The summed E-state index contributed by atoms with van der Waals surface area (Å²) in [6.45, 7) is 3.51. The molecule has 0 radical (unpaired) electrons. The SMILES string of the molecule is c1ccc(C2CNCC3CSCCN32)cc1. The third kappa shape index (κ3) is 1.99. The molecule has 3 heteroatoms. The van der Waals surface area contributed by atoms with Crippen LogP contribution in [0.4, 0.5) is 0 Å². The number of thioether (sulfide) groups is 1. The molecule has 1 aromatic carbocycles. The second-order valence-corrected chi connectivity index (χ2v) is 5.70. The van der Waals surface area contributed by atoms with Gasteiger partial charge in [0.15, 0.2) is 0 Å². The van der Waals surface area contributed by atoms with Crippen LogP contribution >= 0.6 is 11.8 Å². The van der Waals surface area contributed by atoms with Gasteiger partial charge in [0.25, 0.3) is 0 Å². The Morgan fingerprint density at radius 2 is 2.06 bits per heavy atom. The minimum Gasteiger partial charge on any atom is -0.313 e. The van der Waals surface area contributed by atoms with E-state index in [0.717, 1.165) is 19.1 Å². The van der Waals surface area contributed by atoms with E-state index in [-0.39, 0.29) is 0 Å². The molecule has 2 fully saturated rings. The van der Waals surface area contributed by atoms with Crippen molar-refractivity contribution in [2.45, 2.75) is 12.1 Å². The molecular formula is C13H18N2S. The Balaban J connectivity index is 1.83. The largest absolute Gasteiger partial charge is 0.313 e. The molecule has 0 bridgehead atoms. The van der Waals surface area contributed by atoms with Gasteiger partial charge in [-0.1, -0.05) is 30.3 Å². The molecule has 86 valence electrons. The Labute approximate surface area is 101 Å². The smallest absolute Gasteiger partial charge is 0.0476 e. The third-order valence-corrected chi connectivity index (χ3v) is 4.67. The monoisotopic (exact) mass is 234 g/mol. The van der Waals surface area contributed by atoms with Crippen LogP contribution in [0.3, 0.4) is 0 Å². The molecule has 0 amide bonds. The maximum Gasteiger partial charge on any atom is 0.0476 e. The quantitative estimate of drug-likeness (QED) is 0.797. The number of nitrogens with one attached hydrogen (secondary N) is 1. The molecule has 3 rings (SSSR count). The molecular weight excluding hydrogens is 216 g/mol. The van der Waals surface area contributed by atoms with Gasteiger partial charge >= 0.3 is 0 Å². The van der Waals surface area contributed by atoms with Crippen LogP contribution in [0.25, 0.3) is 0 Å². The molecule has 2 nitrogen and oxygen atoms in total. The highest BCUT2D eigenvalue weighted by molar-refractivity contribution is 7.99. The lowest BCUT2D eigenvalue weighted by Crippen LogP contribution is -2.56. The van der Waals surface area contributed by atoms with E-state index < -0.39 is 0 Å². The standard InChI is InChI=1S/C13H18N2S/c1-2-4-11(5-3-1)13-9-14-8-12-10-16-7-6-15(12)13/h1-5,12-14H,6-10H2. The number of hydrogen-bond acceptors (Lipinski definition) is 3. The molecule has 0 saturated carbocycles. The van der Waals surface area contributed by atoms with Crippen LogP contribution in [0.1, 0.15) is 11.6 Å². The van der Waals surface area contributed by atoms with Crippen molar-refractivity contribution >= 4 is 11.8 Å². The maximum atomic E-state index is 3.58. The summed E-state index contributed by atoms with van der Waals surface area (Å²) in [7, 11) is 0. The number of fused-ring (bicyclic) bond motifs is 1.